The molecule has 100 valence electrons. The van der Waals surface area contributed by atoms with Gasteiger partial charge in [-0.25, -0.2) is 17.9 Å². The van der Waals surface area contributed by atoms with E-state index < -0.39 is 34.0 Å². The second-order valence-corrected chi connectivity index (χ2v) is 5.96. The molecule has 0 aliphatic heterocycles. The van der Waals surface area contributed by atoms with Crippen LogP contribution in [0.4, 0.5) is 0 Å². The minimum Gasteiger partial charge on any atom is -0.480 e. The molecule has 3 N–H and O–H groups in total. The molecule has 1 unspecified atom stereocenters. The summed E-state index contributed by atoms with van der Waals surface area (Å²) in [6, 6.07) is -2.04. The van der Waals surface area contributed by atoms with Crippen molar-refractivity contribution in [2.24, 2.45) is 5.92 Å². The predicted octanol–water partition coefficient (Wildman–Crippen LogP) is -0.850. The van der Waals surface area contributed by atoms with Crippen molar-refractivity contribution < 1.29 is 23.1 Å². The molecule has 0 fully saturated rings. The van der Waals surface area contributed by atoms with E-state index in [9.17, 15) is 18.0 Å². The van der Waals surface area contributed by atoms with Gasteiger partial charge in [-0.05, 0) is 12.8 Å². The molecule has 0 bridgehead atoms. The first-order chi connectivity index (χ1) is 7.54. The van der Waals surface area contributed by atoms with Gasteiger partial charge in [0.15, 0.2) is 0 Å². The van der Waals surface area contributed by atoms with Gasteiger partial charge in [-0.1, -0.05) is 13.8 Å². The molecule has 0 saturated carbocycles. The van der Waals surface area contributed by atoms with Gasteiger partial charge in [0.2, 0.25) is 15.9 Å². The quantitative estimate of drug-likeness (QED) is 0.579. The Balaban J connectivity index is 4.57. The topological polar surface area (TPSA) is 113 Å². The lowest BCUT2D eigenvalue weighted by Gasteiger charge is -2.20. The zero-order valence-electron chi connectivity index (χ0n) is 10.2. The summed E-state index contributed by atoms with van der Waals surface area (Å²) in [6.07, 6.45) is 0.925. The molecule has 0 aromatic rings. The van der Waals surface area contributed by atoms with Crippen LogP contribution >= 0.6 is 0 Å². The number of hydrogen-bond donors (Lipinski definition) is 3. The first-order valence-corrected chi connectivity index (χ1v) is 6.94. The highest BCUT2D eigenvalue weighted by Crippen LogP contribution is 2.02. The van der Waals surface area contributed by atoms with Crippen LogP contribution in [0.1, 0.15) is 20.8 Å². The summed E-state index contributed by atoms with van der Waals surface area (Å²) in [5, 5.41) is 11.1. The molecule has 0 aliphatic carbocycles. The Hall–Kier alpha value is -1.15. The lowest BCUT2D eigenvalue weighted by atomic mass is 10.0. The molecule has 0 saturated heterocycles. The normalized spacial score (nSPS) is 15.4. The van der Waals surface area contributed by atoms with E-state index in [-0.39, 0.29) is 5.92 Å². The fourth-order valence-electron chi connectivity index (χ4n) is 1.17. The average molecular weight is 266 g/mol. The second kappa shape index (κ2) is 5.97. The zero-order chi connectivity index (χ0) is 13.8. The Morgan fingerprint density at radius 2 is 1.65 bits per heavy atom. The van der Waals surface area contributed by atoms with Crippen molar-refractivity contribution in [1.82, 2.24) is 10.0 Å². The SMILES string of the molecule is CC(NS(C)(=O)=O)C(=O)N[C@@H](C(=O)O)C(C)C. The average Bonchev–Trinajstić information content (AvgIpc) is 2.09. The van der Waals surface area contributed by atoms with Crippen molar-refractivity contribution in [3.63, 3.8) is 0 Å². The molecule has 0 heterocycles. The number of carboxylic acid groups (broad SMARTS) is 1. The van der Waals surface area contributed by atoms with Gasteiger partial charge < -0.3 is 10.4 Å². The standard InChI is InChI=1S/C9H18N2O5S/c1-5(2)7(9(13)14)10-8(12)6(3)11-17(4,15)16/h5-7,11H,1-4H3,(H,10,12)(H,13,14)/t6?,7-/m1/s1. The van der Waals surface area contributed by atoms with Crippen molar-refractivity contribution in [1.29, 1.82) is 0 Å². The molecule has 1 amide bonds. The van der Waals surface area contributed by atoms with Crippen LogP contribution in [0.25, 0.3) is 0 Å². The van der Waals surface area contributed by atoms with Crippen LogP contribution < -0.4 is 10.0 Å². The van der Waals surface area contributed by atoms with Crippen LogP contribution in [0.5, 0.6) is 0 Å². The monoisotopic (exact) mass is 266 g/mol. The summed E-state index contributed by atoms with van der Waals surface area (Å²) in [5.74, 6) is -2.11. The van der Waals surface area contributed by atoms with Crippen LogP contribution in [-0.4, -0.2) is 43.7 Å². The number of carbonyl (C=O) groups excluding carboxylic acids is 1. The molecular weight excluding hydrogens is 248 g/mol. The molecular formula is C9H18N2O5S. The van der Waals surface area contributed by atoms with Crippen LogP contribution in [0.3, 0.4) is 0 Å². The summed E-state index contributed by atoms with van der Waals surface area (Å²) in [4.78, 5) is 22.4. The van der Waals surface area contributed by atoms with E-state index in [4.69, 9.17) is 5.11 Å². The first-order valence-electron chi connectivity index (χ1n) is 5.05. The lowest BCUT2D eigenvalue weighted by Crippen LogP contribution is -2.51. The molecule has 2 atom stereocenters. The van der Waals surface area contributed by atoms with E-state index in [0.29, 0.717) is 0 Å². The van der Waals surface area contributed by atoms with E-state index in [1.165, 1.54) is 6.92 Å². The third kappa shape index (κ3) is 6.22. The van der Waals surface area contributed by atoms with Crippen LogP contribution in [0.15, 0.2) is 0 Å². The maximum absolute atomic E-state index is 11.5. The Morgan fingerprint density at radius 1 is 1.18 bits per heavy atom. The Labute approximate surface area is 101 Å². The maximum atomic E-state index is 11.5. The fraction of sp³-hybridized carbons (Fsp3) is 0.778. The van der Waals surface area contributed by atoms with Crippen molar-refractivity contribution in [2.75, 3.05) is 6.26 Å². The second-order valence-electron chi connectivity index (χ2n) is 4.18. The molecule has 17 heavy (non-hydrogen) atoms. The van der Waals surface area contributed by atoms with Crippen LogP contribution in [0, 0.1) is 5.92 Å². The van der Waals surface area contributed by atoms with Crippen molar-refractivity contribution in [2.45, 2.75) is 32.9 Å². The highest BCUT2D eigenvalue weighted by Gasteiger charge is 2.26. The number of carbonyl (C=O) groups is 2. The summed E-state index contributed by atoms with van der Waals surface area (Å²) < 4.78 is 23.9. The largest absolute Gasteiger partial charge is 0.480 e. The third-order valence-electron chi connectivity index (χ3n) is 2.01. The Bertz CT molecular complexity index is 390. The van der Waals surface area contributed by atoms with E-state index >= 15 is 0 Å². The predicted molar refractivity (Wildman–Crippen MR) is 61.8 cm³/mol. The Morgan fingerprint density at radius 3 is 1.94 bits per heavy atom. The van der Waals surface area contributed by atoms with Crippen molar-refractivity contribution in [3.8, 4) is 0 Å². The highest BCUT2D eigenvalue weighted by atomic mass is 32.2. The zero-order valence-corrected chi connectivity index (χ0v) is 11.0. The molecule has 7 nitrogen and oxygen atoms in total. The molecule has 0 radical (unpaired) electrons. The number of amides is 1. The minimum atomic E-state index is -3.50. The lowest BCUT2D eigenvalue weighted by molar-refractivity contribution is -0.143. The van der Waals surface area contributed by atoms with Gasteiger partial charge in [-0.15, -0.1) is 0 Å². The molecule has 0 aromatic heterocycles. The number of hydrogen-bond acceptors (Lipinski definition) is 4. The van der Waals surface area contributed by atoms with Gasteiger partial charge in [0.05, 0.1) is 12.3 Å². The van der Waals surface area contributed by atoms with Crippen molar-refractivity contribution >= 4 is 21.9 Å². The summed E-state index contributed by atoms with van der Waals surface area (Å²) in [5.41, 5.74) is 0. The number of sulfonamides is 1. The highest BCUT2D eigenvalue weighted by molar-refractivity contribution is 7.88. The number of carboxylic acids is 1. The van der Waals surface area contributed by atoms with E-state index in [1.54, 1.807) is 13.8 Å². The molecule has 0 aliphatic rings. The number of rotatable bonds is 6. The Kier molecular flexibility index (Phi) is 5.56. The molecule has 8 heteroatoms. The summed E-state index contributed by atoms with van der Waals surface area (Å²) in [6.45, 7) is 4.64. The van der Waals surface area contributed by atoms with Gasteiger partial charge >= 0.3 is 5.97 Å². The van der Waals surface area contributed by atoms with E-state index in [2.05, 4.69) is 10.0 Å². The number of nitrogens with one attached hydrogen (secondary N) is 2. The van der Waals surface area contributed by atoms with Crippen molar-refractivity contribution in [3.05, 3.63) is 0 Å². The fourth-order valence-corrected chi connectivity index (χ4v) is 1.92. The van der Waals surface area contributed by atoms with Crippen LogP contribution in [0.2, 0.25) is 0 Å². The smallest absolute Gasteiger partial charge is 0.326 e. The third-order valence-corrected chi connectivity index (χ3v) is 2.80. The van der Waals surface area contributed by atoms with Gasteiger partial charge in [-0.3, -0.25) is 4.79 Å². The van der Waals surface area contributed by atoms with Crippen LogP contribution in [-0.2, 0) is 19.6 Å². The molecule has 0 aromatic carbocycles. The molecule has 0 rings (SSSR count). The number of aliphatic carboxylic acids is 1. The van der Waals surface area contributed by atoms with E-state index in [1.807, 2.05) is 0 Å². The molecule has 0 spiro atoms. The first kappa shape index (κ1) is 15.9. The summed E-state index contributed by atoms with van der Waals surface area (Å²) in [7, 11) is -3.50. The minimum absolute atomic E-state index is 0.290. The van der Waals surface area contributed by atoms with Gasteiger partial charge in [0.25, 0.3) is 0 Å². The van der Waals surface area contributed by atoms with E-state index in [0.717, 1.165) is 6.26 Å². The summed E-state index contributed by atoms with van der Waals surface area (Å²) >= 11 is 0. The van der Waals surface area contributed by atoms with Gasteiger partial charge in [0.1, 0.15) is 6.04 Å². The van der Waals surface area contributed by atoms with Gasteiger partial charge in [0, 0.05) is 0 Å². The maximum Gasteiger partial charge on any atom is 0.326 e. The van der Waals surface area contributed by atoms with Gasteiger partial charge in [-0.2, -0.15) is 0 Å².